The van der Waals surface area contributed by atoms with Crippen molar-refractivity contribution in [3.05, 3.63) is 12.2 Å². The van der Waals surface area contributed by atoms with Crippen LogP contribution in [0.4, 0.5) is 14.4 Å². The highest BCUT2D eigenvalue weighted by atomic mass is 16.6. The second-order valence-corrected chi connectivity index (χ2v) is 14.4. The second kappa shape index (κ2) is 22.1. The minimum Gasteiger partial charge on any atom is -0.444 e. The molecule has 2 unspecified atom stereocenters. The summed E-state index contributed by atoms with van der Waals surface area (Å²) in [6.45, 7) is 22.6. The molecule has 3 rings (SSSR count). The van der Waals surface area contributed by atoms with Gasteiger partial charge in [0, 0.05) is 39.3 Å². The smallest absolute Gasteiger partial charge is 0.410 e. The average Bonchev–Trinajstić information content (AvgIpc) is 2.86. The molecule has 282 valence electrons. The van der Waals surface area contributed by atoms with E-state index >= 15 is 0 Å². The summed E-state index contributed by atoms with van der Waals surface area (Å²) in [5.41, 5.74) is -1.44. The van der Waals surface area contributed by atoms with Crippen LogP contribution in [-0.4, -0.2) is 151 Å². The zero-order chi connectivity index (χ0) is 35.7. The first-order valence-electron chi connectivity index (χ1n) is 16.4. The molecule has 0 saturated carbocycles. The van der Waals surface area contributed by atoms with Crippen molar-refractivity contribution in [2.45, 2.75) is 112 Å². The number of β-amino-alcohol motifs (C(OH)–C–C–N with tert-alkyl or cyclic N) is 1. The summed E-state index contributed by atoms with van der Waals surface area (Å²) in [5, 5.41) is 19.0. The Bertz CT molecular complexity index is 957. The van der Waals surface area contributed by atoms with Crippen molar-refractivity contribution in [2.24, 2.45) is 0 Å². The average molecular weight is 692 g/mol. The molecule has 3 aliphatic heterocycles. The summed E-state index contributed by atoms with van der Waals surface area (Å²) >= 11 is 0. The maximum absolute atomic E-state index is 11.8. The molecular formula is C34H65N3O11. The third-order valence-electron chi connectivity index (χ3n) is 6.25. The van der Waals surface area contributed by atoms with Crippen LogP contribution in [0.2, 0.25) is 0 Å². The van der Waals surface area contributed by atoms with Crippen molar-refractivity contribution in [2.75, 3.05) is 78.9 Å². The van der Waals surface area contributed by atoms with Crippen molar-refractivity contribution in [3.63, 3.8) is 0 Å². The van der Waals surface area contributed by atoms with Crippen LogP contribution in [0.1, 0.15) is 82.6 Å². The Labute approximate surface area is 288 Å². The summed E-state index contributed by atoms with van der Waals surface area (Å²) in [4.78, 5) is 39.9. The molecule has 0 aromatic rings. The maximum atomic E-state index is 11.8. The molecule has 2 N–H and O–H groups in total. The molecule has 2 atom stereocenters. The minimum atomic E-state index is -0.534. The molecule has 0 bridgehead atoms. The molecule has 3 heterocycles. The Kier molecular flexibility index (Phi) is 20.9. The van der Waals surface area contributed by atoms with Gasteiger partial charge in [0.25, 0.3) is 0 Å². The molecule has 0 aliphatic carbocycles. The van der Waals surface area contributed by atoms with Crippen LogP contribution in [0.25, 0.3) is 0 Å². The summed E-state index contributed by atoms with van der Waals surface area (Å²) < 4.78 is 31.5. The van der Waals surface area contributed by atoms with Crippen molar-refractivity contribution < 1.29 is 53.0 Å². The van der Waals surface area contributed by atoms with Crippen molar-refractivity contribution >= 4 is 18.3 Å². The van der Waals surface area contributed by atoms with Gasteiger partial charge in [-0.25, -0.2) is 14.4 Å². The summed E-state index contributed by atoms with van der Waals surface area (Å²) in [6, 6.07) is 0. The van der Waals surface area contributed by atoms with Crippen molar-refractivity contribution in [1.29, 1.82) is 0 Å². The molecule has 2 saturated heterocycles. The number of carbonyl (C=O) groups is 3. The molecule has 14 nitrogen and oxygen atoms in total. The van der Waals surface area contributed by atoms with E-state index in [4.69, 9.17) is 28.4 Å². The number of rotatable bonds is 0. The maximum Gasteiger partial charge on any atom is 0.410 e. The monoisotopic (exact) mass is 691 g/mol. The van der Waals surface area contributed by atoms with E-state index in [1.54, 1.807) is 9.80 Å². The van der Waals surface area contributed by atoms with E-state index < -0.39 is 35.1 Å². The zero-order valence-corrected chi connectivity index (χ0v) is 30.1. The molecule has 0 radical (unpaired) electrons. The second-order valence-electron chi connectivity index (χ2n) is 14.4. The van der Waals surface area contributed by atoms with Gasteiger partial charge in [-0.2, -0.15) is 0 Å². The Morgan fingerprint density at radius 3 is 1.67 bits per heavy atom. The van der Waals surface area contributed by atoms with Gasteiger partial charge in [0.15, 0.2) is 0 Å². The van der Waals surface area contributed by atoms with Gasteiger partial charge >= 0.3 is 18.3 Å². The third kappa shape index (κ3) is 22.8. The fraction of sp³-hybridized carbons (Fsp3) is 0.853. The number of amides is 3. The Morgan fingerprint density at radius 2 is 1.08 bits per heavy atom. The highest BCUT2D eigenvalue weighted by molar-refractivity contribution is 5.69. The first kappa shape index (κ1) is 45.3. The summed E-state index contributed by atoms with van der Waals surface area (Å²) in [6.07, 6.45) is 2.87. The third-order valence-corrected chi connectivity index (χ3v) is 6.25. The molecule has 0 aromatic heterocycles. The van der Waals surface area contributed by atoms with E-state index in [1.807, 2.05) is 74.5 Å². The van der Waals surface area contributed by atoms with Crippen LogP contribution >= 0.6 is 0 Å². The number of aliphatic hydroxyl groups excluding tert-OH is 2. The number of hydrogen-bond acceptors (Lipinski definition) is 11. The van der Waals surface area contributed by atoms with Crippen molar-refractivity contribution in [1.82, 2.24) is 14.7 Å². The Morgan fingerprint density at radius 1 is 0.604 bits per heavy atom. The molecule has 48 heavy (non-hydrogen) atoms. The quantitative estimate of drug-likeness (QED) is 0.273. The topological polar surface area (TPSA) is 157 Å². The minimum absolute atomic E-state index is 0. The number of nitrogens with zero attached hydrogens (tertiary/aromatic N) is 3. The fourth-order valence-electron chi connectivity index (χ4n) is 4.01. The highest BCUT2D eigenvalue weighted by Gasteiger charge is 2.26. The largest absolute Gasteiger partial charge is 0.444 e. The lowest BCUT2D eigenvalue weighted by atomic mass is 10.2. The fourth-order valence-corrected chi connectivity index (χ4v) is 4.01. The van der Waals surface area contributed by atoms with Crippen LogP contribution in [-0.2, 0) is 28.4 Å². The standard InChI is InChI=1S/2C11H21NO4.C11H19NO3.CH4/c1-11(2,3)16-10(14)12-5-7-15-6-4-9(13)8-12;1-11(2,3)16-10(14)12-5-4-9(13)8-15-7-6-12;1-11(2,3)15-10(13)12-6-4-5-8-14-9-7-12;/h2*9,13H,4-8H2,1-3H3;4-5H,6-9H2,1-3H3;1H4/b;;5-4-;. The van der Waals surface area contributed by atoms with E-state index in [0.717, 1.165) is 0 Å². The van der Waals surface area contributed by atoms with Gasteiger partial charge < -0.3 is 53.3 Å². The van der Waals surface area contributed by atoms with E-state index in [-0.39, 0.29) is 19.6 Å². The molecular weight excluding hydrogens is 626 g/mol. The van der Waals surface area contributed by atoms with E-state index in [0.29, 0.717) is 91.8 Å². The zero-order valence-electron chi connectivity index (χ0n) is 30.1. The Balaban J connectivity index is 0.000000684. The first-order valence-corrected chi connectivity index (χ1v) is 16.4. The highest BCUT2D eigenvalue weighted by Crippen LogP contribution is 2.13. The van der Waals surface area contributed by atoms with Crippen molar-refractivity contribution in [3.8, 4) is 0 Å². The number of hydrogen-bond donors (Lipinski definition) is 2. The van der Waals surface area contributed by atoms with Crippen LogP contribution < -0.4 is 0 Å². The van der Waals surface area contributed by atoms with Crippen LogP contribution in [0.3, 0.4) is 0 Å². The molecule has 14 heteroatoms. The lowest BCUT2D eigenvalue weighted by molar-refractivity contribution is -0.0156. The number of aliphatic hydroxyl groups is 2. The summed E-state index contributed by atoms with van der Waals surface area (Å²) in [5.74, 6) is 0. The van der Waals surface area contributed by atoms with Gasteiger partial charge in [0.2, 0.25) is 0 Å². The predicted molar refractivity (Wildman–Crippen MR) is 183 cm³/mol. The van der Waals surface area contributed by atoms with E-state index in [1.165, 1.54) is 4.90 Å². The normalized spacial score (nSPS) is 22.0. The predicted octanol–water partition coefficient (Wildman–Crippen LogP) is 4.46. The summed E-state index contributed by atoms with van der Waals surface area (Å²) in [7, 11) is 0. The van der Waals surface area contributed by atoms with Gasteiger partial charge in [-0.15, -0.1) is 0 Å². The SMILES string of the molecule is C.CC(C)(C)OC(=O)N1C/C=C\COCC1.CC(C)(C)OC(=O)N1CCOCC(O)CC1.CC(C)(C)OC(=O)N1CCOCCC(O)C1. The van der Waals surface area contributed by atoms with E-state index in [2.05, 4.69) is 0 Å². The molecule has 0 spiro atoms. The molecule has 3 aliphatic rings. The van der Waals surface area contributed by atoms with Gasteiger partial charge in [-0.1, -0.05) is 19.6 Å². The van der Waals surface area contributed by atoms with Crippen LogP contribution in [0.15, 0.2) is 12.2 Å². The van der Waals surface area contributed by atoms with Crippen LogP contribution in [0, 0.1) is 0 Å². The number of carbonyl (C=O) groups excluding carboxylic acids is 3. The molecule has 2 fully saturated rings. The lowest BCUT2D eigenvalue weighted by Crippen LogP contribution is -2.44. The lowest BCUT2D eigenvalue weighted by Gasteiger charge is -2.30. The van der Waals surface area contributed by atoms with Gasteiger partial charge in [-0.3, -0.25) is 0 Å². The Hall–Kier alpha value is -2.65. The van der Waals surface area contributed by atoms with Crippen LogP contribution in [0.5, 0.6) is 0 Å². The first-order chi connectivity index (χ1) is 21.8. The number of ether oxygens (including phenoxy) is 6. The van der Waals surface area contributed by atoms with Gasteiger partial charge in [-0.05, 0) is 75.2 Å². The van der Waals surface area contributed by atoms with Gasteiger partial charge in [0.05, 0.1) is 51.8 Å². The van der Waals surface area contributed by atoms with Gasteiger partial charge in [0.1, 0.15) is 16.8 Å². The molecule has 3 amide bonds. The van der Waals surface area contributed by atoms with E-state index in [9.17, 15) is 24.6 Å². The molecule has 0 aromatic carbocycles.